The number of hydrazone groups is 1. The number of benzene rings is 2. The summed E-state index contributed by atoms with van der Waals surface area (Å²) in [5.74, 6) is 0.0334. The highest BCUT2D eigenvalue weighted by atomic mass is 32.2. The van der Waals surface area contributed by atoms with Gasteiger partial charge in [-0.1, -0.05) is 52.0 Å². The number of nitrogens with zero attached hydrogens (tertiary/aromatic N) is 2. The van der Waals surface area contributed by atoms with Crippen LogP contribution < -0.4 is 10.7 Å². The summed E-state index contributed by atoms with van der Waals surface area (Å²) in [6.07, 6.45) is 0.955. The number of amidine groups is 1. The number of aryl methyl sites for hydroxylation is 2. The van der Waals surface area contributed by atoms with Crippen molar-refractivity contribution in [3.63, 3.8) is 0 Å². The molecule has 1 aromatic heterocycles. The van der Waals surface area contributed by atoms with Gasteiger partial charge in [-0.25, -0.2) is 5.53 Å². The SMILES string of the molecule is CCC(Sc1cc(C)c(-c2ccc(C(C)(C)C)cc2)c(C)c1)c1ccc(C(=O)NC/C(N=N)=N/NC)s1. The third kappa shape index (κ3) is 7.29. The van der Waals surface area contributed by atoms with E-state index in [1.165, 1.54) is 48.9 Å². The van der Waals surface area contributed by atoms with Gasteiger partial charge in [0.2, 0.25) is 0 Å². The van der Waals surface area contributed by atoms with Crippen molar-refractivity contribution in [2.24, 2.45) is 10.2 Å². The smallest absolute Gasteiger partial charge is 0.261 e. The van der Waals surface area contributed by atoms with E-state index in [1.54, 1.807) is 7.05 Å². The van der Waals surface area contributed by atoms with Crippen molar-refractivity contribution in [3.05, 3.63) is 75.0 Å². The molecule has 1 amide bonds. The quantitative estimate of drug-likeness (QED) is 0.0856. The molecule has 0 bridgehead atoms. The maximum atomic E-state index is 12.6. The topological polar surface area (TPSA) is 89.7 Å². The molecule has 0 spiro atoms. The van der Waals surface area contributed by atoms with E-state index < -0.39 is 0 Å². The Balaban J connectivity index is 1.75. The third-order valence-corrected chi connectivity index (χ3v) is 8.87. The number of carbonyl (C=O) groups is 1. The maximum absolute atomic E-state index is 12.6. The number of thioether (sulfide) groups is 1. The van der Waals surface area contributed by atoms with Gasteiger partial charge in [0, 0.05) is 22.1 Å². The molecule has 0 aliphatic carbocycles. The number of amides is 1. The Morgan fingerprint density at radius 2 is 1.73 bits per heavy atom. The molecule has 8 heteroatoms. The standard InChI is InChI=1S/C29H37N5OS2/c1-8-23(24-13-14-25(37-24)28(35)32-17-26(33-30)34-31-7)36-22-15-18(2)27(19(3)16-22)20-9-11-21(12-10-20)29(4,5)6/h9-16,23,30-31H,8,17H2,1-7H3,(H,32,35)/b33-30?,34-26-. The van der Waals surface area contributed by atoms with Crippen LogP contribution in [0.1, 0.15) is 70.6 Å². The van der Waals surface area contributed by atoms with Crippen molar-refractivity contribution < 1.29 is 4.79 Å². The molecule has 0 saturated carbocycles. The molecule has 0 radical (unpaired) electrons. The van der Waals surface area contributed by atoms with Crippen molar-refractivity contribution in [3.8, 4) is 11.1 Å². The Labute approximate surface area is 228 Å². The number of nitrogens with one attached hydrogen (secondary N) is 3. The van der Waals surface area contributed by atoms with Crippen molar-refractivity contribution in [2.75, 3.05) is 13.6 Å². The summed E-state index contributed by atoms with van der Waals surface area (Å²) in [6, 6.07) is 17.4. The lowest BCUT2D eigenvalue weighted by Crippen LogP contribution is -2.28. The van der Waals surface area contributed by atoms with Gasteiger partial charge >= 0.3 is 0 Å². The van der Waals surface area contributed by atoms with E-state index in [4.69, 9.17) is 5.53 Å². The molecule has 1 atom stereocenters. The summed E-state index contributed by atoms with van der Waals surface area (Å²) in [5, 5.41) is 10.2. The van der Waals surface area contributed by atoms with Crippen LogP contribution in [0.15, 0.2) is 63.6 Å². The van der Waals surface area contributed by atoms with Crippen LogP contribution >= 0.6 is 23.1 Å². The molecule has 3 rings (SSSR count). The molecule has 37 heavy (non-hydrogen) atoms. The van der Waals surface area contributed by atoms with Crippen LogP contribution in [0.3, 0.4) is 0 Å². The van der Waals surface area contributed by atoms with Gasteiger partial charge in [0.25, 0.3) is 5.91 Å². The number of rotatable bonds is 9. The zero-order chi connectivity index (χ0) is 27.2. The molecule has 0 saturated heterocycles. The van der Waals surface area contributed by atoms with Crippen molar-refractivity contribution in [1.82, 2.24) is 10.7 Å². The Bertz CT molecular complexity index is 1250. The van der Waals surface area contributed by atoms with Gasteiger partial charge in [-0.15, -0.1) is 28.2 Å². The van der Waals surface area contributed by atoms with Gasteiger partial charge in [0.05, 0.1) is 11.4 Å². The van der Waals surface area contributed by atoms with Gasteiger partial charge in [-0.3, -0.25) is 4.79 Å². The van der Waals surface area contributed by atoms with E-state index in [0.717, 1.165) is 6.42 Å². The number of hydrogen-bond acceptors (Lipinski definition) is 6. The van der Waals surface area contributed by atoms with Crippen LogP contribution in [-0.2, 0) is 5.41 Å². The first-order chi connectivity index (χ1) is 17.6. The minimum Gasteiger partial charge on any atom is -0.344 e. The molecule has 3 N–H and O–H groups in total. The Morgan fingerprint density at radius 3 is 2.27 bits per heavy atom. The summed E-state index contributed by atoms with van der Waals surface area (Å²) >= 11 is 3.36. The second-order valence-corrected chi connectivity index (χ2v) is 12.4. The highest BCUT2D eigenvalue weighted by Gasteiger charge is 2.19. The van der Waals surface area contributed by atoms with E-state index in [1.807, 2.05) is 23.9 Å². The average molecular weight is 536 g/mol. The molecule has 1 heterocycles. The second kappa shape index (κ2) is 12.5. The van der Waals surface area contributed by atoms with Gasteiger partial charge in [0.15, 0.2) is 5.84 Å². The Hall–Kier alpha value is -2.97. The maximum Gasteiger partial charge on any atom is 0.261 e. The zero-order valence-corrected chi connectivity index (χ0v) is 24.4. The van der Waals surface area contributed by atoms with Gasteiger partial charge < -0.3 is 10.7 Å². The van der Waals surface area contributed by atoms with Crippen molar-refractivity contribution in [1.29, 1.82) is 5.53 Å². The largest absolute Gasteiger partial charge is 0.344 e. The molecule has 2 aromatic carbocycles. The van der Waals surface area contributed by atoms with Crippen LogP contribution in [-0.4, -0.2) is 25.3 Å². The monoisotopic (exact) mass is 535 g/mol. The second-order valence-electron chi connectivity index (χ2n) is 10.0. The predicted octanol–water partition coefficient (Wildman–Crippen LogP) is 7.87. The molecule has 0 fully saturated rings. The number of hydrogen-bond donors (Lipinski definition) is 3. The lowest BCUT2D eigenvalue weighted by molar-refractivity contribution is 0.0963. The van der Waals surface area contributed by atoms with Crippen LogP contribution in [0.4, 0.5) is 0 Å². The average Bonchev–Trinajstić information content (AvgIpc) is 3.34. The normalized spacial score (nSPS) is 12.8. The first-order valence-electron chi connectivity index (χ1n) is 12.4. The Kier molecular flexibility index (Phi) is 9.68. The highest BCUT2D eigenvalue weighted by molar-refractivity contribution is 7.99. The summed E-state index contributed by atoms with van der Waals surface area (Å²) in [7, 11) is 1.63. The lowest BCUT2D eigenvalue weighted by atomic mass is 9.85. The summed E-state index contributed by atoms with van der Waals surface area (Å²) in [4.78, 5) is 15.7. The molecule has 6 nitrogen and oxygen atoms in total. The predicted molar refractivity (Wildman–Crippen MR) is 157 cm³/mol. The summed E-state index contributed by atoms with van der Waals surface area (Å²) in [5.41, 5.74) is 16.3. The zero-order valence-electron chi connectivity index (χ0n) is 22.7. The fraction of sp³-hybridized carbons (Fsp3) is 0.379. The molecular formula is C29H37N5OS2. The van der Waals surface area contributed by atoms with Gasteiger partial charge in [-0.05, 0) is 77.8 Å². The van der Waals surface area contributed by atoms with E-state index in [-0.39, 0.29) is 29.0 Å². The molecule has 0 aliphatic rings. The first kappa shape index (κ1) is 28.6. The van der Waals surface area contributed by atoms with Crippen LogP contribution in [0.5, 0.6) is 0 Å². The Morgan fingerprint density at radius 1 is 1.08 bits per heavy atom. The molecule has 3 aromatic rings. The van der Waals surface area contributed by atoms with E-state index in [2.05, 4.69) is 98.9 Å². The molecule has 1 unspecified atom stereocenters. The van der Waals surface area contributed by atoms with Gasteiger partial charge in [-0.2, -0.15) is 5.10 Å². The summed E-state index contributed by atoms with van der Waals surface area (Å²) in [6.45, 7) is 13.4. The molecule has 196 valence electrons. The lowest BCUT2D eigenvalue weighted by Gasteiger charge is -2.20. The summed E-state index contributed by atoms with van der Waals surface area (Å²) < 4.78 is 0. The van der Waals surface area contributed by atoms with Crippen molar-refractivity contribution >= 4 is 34.8 Å². The molecular weight excluding hydrogens is 498 g/mol. The minimum absolute atomic E-state index is 0.103. The van der Waals surface area contributed by atoms with Crippen LogP contribution in [0, 0.1) is 19.4 Å². The van der Waals surface area contributed by atoms with Crippen molar-refractivity contribution in [2.45, 2.75) is 63.5 Å². The van der Waals surface area contributed by atoms with Gasteiger partial charge in [0.1, 0.15) is 0 Å². The van der Waals surface area contributed by atoms with Crippen LogP contribution in [0.2, 0.25) is 0 Å². The first-order valence-corrected chi connectivity index (χ1v) is 14.1. The minimum atomic E-state index is -0.183. The van der Waals surface area contributed by atoms with E-state index >= 15 is 0 Å². The van der Waals surface area contributed by atoms with Crippen LogP contribution in [0.25, 0.3) is 11.1 Å². The molecule has 0 aliphatic heterocycles. The third-order valence-electron chi connectivity index (χ3n) is 6.14. The fourth-order valence-corrected chi connectivity index (χ4v) is 6.68. The van der Waals surface area contributed by atoms with E-state index in [9.17, 15) is 4.79 Å². The van der Waals surface area contributed by atoms with E-state index in [0.29, 0.717) is 4.88 Å². The fourth-order valence-electron chi connectivity index (χ4n) is 4.22. The number of thiophene rings is 1. The number of carbonyl (C=O) groups excluding carboxylic acids is 1. The highest BCUT2D eigenvalue weighted by Crippen LogP contribution is 2.42.